The summed E-state index contributed by atoms with van der Waals surface area (Å²) in [6, 6.07) is 2.10. The van der Waals surface area contributed by atoms with Crippen molar-refractivity contribution in [3.05, 3.63) is 17.8 Å². The van der Waals surface area contributed by atoms with E-state index >= 15 is 0 Å². The fourth-order valence-corrected chi connectivity index (χ4v) is 5.86. The summed E-state index contributed by atoms with van der Waals surface area (Å²) in [6.07, 6.45) is 6.39. The van der Waals surface area contributed by atoms with Crippen LogP contribution in [0.15, 0.2) is 17.8 Å². The van der Waals surface area contributed by atoms with Gasteiger partial charge in [-0.15, -0.1) is 36.2 Å². The van der Waals surface area contributed by atoms with E-state index in [1.165, 1.54) is 19.3 Å². The molecule has 2 saturated heterocycles. The number of carbonyl (C=O) groups is 1. The summed E-state index contributed by atoms with van der Waals surface area (Å²) in [5.74, 6) is 1.95. The molecule has 2 aromatic heterocycles. The Bertz CT molecular complexity index is 826. The molecule has 0 radical (unpaired) electrons. The lowest BCUT2D eigenvalue weighted by molar-refractivity contribution is -0.145. The van der Waals surface area contributed by atoms with Gasteiger partial charge in [-0.2, -0.15) is 0 Å². The second-order valence-electron chi connectivity index (χ2n) is 7.85. The minimum Gasteiger partial charge on any atom is -0.352 e. The maximum absolute atomic E-state index is 13.4. The Balaban J connectivity index is 0.00000112. The van der Waals surface area contributed by atoms with Crippen LogP contribution in [0, 0.1) is 11.3 Å². The highest BCUT2D eigenvalue weighted by molar-refractivity contribution is 7.16. The molecule has 6 nitrogen and oxygen atoms in total. The molecule has 2 atom stereocenters. The van der Waals surface area contributed by atoms with Crippen LogP contribution in [0.3, 0.4) is 0 Å². The number of halogens is 2. The Hall–Kier alpha value is -1.15. The molecule has 0 unspecified atom stereocenters. The summed E-state index contributed by atoms with van der Waals surface area (Å²) < 4.78 is 0. The minimum absolute atomic E-state index is 0. The molecule has 2 aromatic rings. The number of hydrogen-bond donors (Lipinski definition) is 1. The standard InChI is InChI=1S/C19H25N5OS.2ClH/c25-18(19-5-2-1-3-14(19)11-20-12-19)24-8-6-23(7-9-24)16-15-4-10-26-17(15)22-13-21-16;;/h4,10,13-14,20H,1-3,5-9,11-12H2;2*1H/t14-,19+;;/m0../s1. The van der Waals surface area contributed by atoms with Gasteiger partial charge in [-0.1, -0.05) is 12.8 Å². The molecule has 1 aliphatic carbocycles. The second-order valence-corrected chi connectivity index (χ2v) is 8.74. The summed E-state index contributed by atoms with van der Waals surface area (Å²) in [4.78, 5) is 27.7. The van der Waals surface area contributed by atoms with E-state index in [4.69, 9.17) is 0 Å². The van der Waals surface area contributed by atoms with Crippen LogP contribution in [0.4, 0.5) is 5.82 Å². The number of carbonyl (C=O) groups excluding carboxylic acids is 1. The van der Waals surface area contributed by atoms with E-state index in [0.717, 1.165) is 61.7 Å². The van der Waals surface area contributed by atoms with E-state index in [-0.39, 0.29) is 30.2 Å². The van der Waals surface area contributed by atoms with Gasteiger partial charge in [-0.3, -0.25) is 4.79 Å². The number of hydrogen-bond acceptors (Lipinski definition) is 6. The zero-order valence-electron chi connectivity index (χ0n) is 15.8. The van der Waals surface area contributed by atoms with E-state index < -0.39 is 0 Å². The molecule has 154 valence electrons. The number of anilines is 1. The van der Waals surface area contributed by atoms with Gasteiger partial charge in [-0.05, 0) is 36.8 Å². The first-order valence-corrected chi connectivity index (χ1v) is 10.6. The van der Waals surface area contributed by atoms with Gasteiger partial charge in [-0.25, -0.2) is 9.97 Å². The largest absolute Gasteiger partial charge is 0.352 e. The fraction of sp³-hybridized carbons (Fsp3) is 0.632. The highest BCUT2D eigenvalue weighted by Crippen LogP contribution is 2.45. The normalized spacial score (nSPS) is 27.1. The van der Waals surface area contributed by atoms with Gasteiger partial charge in [0.05, 0.1) is 10.8 Å². The van der Waals surface area contributed by atoms with Crippen LogP contribution in [0.2, 0.25) is 0 Å². The minimum atomic E-state index is -0.129. The zero-order valence-corrected chi connectivity index (χ0v) is 18.3. The van der Waals surface area contributed by atoms with Crippen molar-refractivity contribution in [1.29, 1.82) is 0 Å². The molecule has 1 amide bonds. The van der Waals surface area contributed by atoms with Gasteiger partial charge in [0.15, 0.2) is 0 Å². The van der Waals surface area contributed by atoms with Crippen molar-refractivity contribution in [3.8, 4) is 0 Å². The molecular formula is C19H27Cl2N5OS. The molecule has 3 fully saturated rings. The number of thiophene rings is 1. The van der Waals surface area contributed by atoms with Crippen LogP contribution in [0.25, 0.3) is 10.2 Å². The maximum atomic E-state index is 13.4. The summed E-state index contributed by atoms with van der Waals surface area (Å²) in [6.45, 7) is 5.18. The van der Waals surface area contributed by atoms with Gasteiger partial charge >= 0.3 is 0 Å². The summed E-state index contributed by atoms with van der Waals surface area (Å²) in [7, 11) is 0. The number of aromatic nitrogens is 2. The van der Waals surface area contributed by atoms with Crippen molar-refractivity contribution in [1.82, 2.24) is 20.2 Å². The van der Waals surface area contributed by atoms with Crippen molar-refractivity contribution < 1.29 is 4.79 Å². The first kappa shape index (κ1) is 21.6. The zero-order chi connectivity index (χ0) is 17.6. The van der Waals surface area contributed by atoms with Gasteiger partial charge in [0, 0.05) is 32.7 Å². The topological polar surface area (TPSA) is 61.4 Å². The van der Waals surface area contributed by atoms with Crippen molar-refractivity contribution in [3.63, 3.8) is 0 Å². The van der Waals surface area contributed by atoms with Gasteiger partial charge in [0.1, 0.15) is 17.0 Å². The average molecular weight is 444 g/mol. The third-order valence-corrected chi connectivity index (χ3v) is 7.39. The van der Waals surface area contributed by atoms with Gasteiger partial charge in [0.2, 0.25) is 5.91 Å². The van der Waals surface area contributed by atoms with Crippen LogP contribution in [-0.4, -0.2) is 60.0 Å². The maximum Gasteiger partial charge on any atom is 0.230 e. The molecule has 1 N–H and O–H groups in total. The molecule has 1 saturated carbocycles. The molecular weight excluding hydrogens is 417 g/mol. The predicted octanol–water partition coefficient (Wildman–Crippen LogP) is 2.96. The summed E-state index contributed by atoms with van der Waals surface area (Å²) >= 11 is 1.65. The second kappa shape index (κ2) is 8.69. The van der Waals surface area contributed by atoms with Crippen LogP contribution >= 0.6 is 36.2 Å². The summed E-state index contributed by atoms with van der Waals surface area (Å²) in [5.41, 5.74) is -0.129. The Morgan fingerprint density at radius 3 is 2.82 bits per heavy atom. The van der Waals surface area contributed by atoms with E-state index in [1.807, 2.05) is 0 Å². The highest BCUT2D eigenvalue weighted by Gasteiger charge is 2.51. The molecule has 0 spiro atoms. The van der Waals surface area contributed by atoms with Crippen LogP contribution < -0.4 is 10.2 Å². The predicted molar refractivity (Wildman–Crippen MR) is 118 cm³/mol. The molecule has 4 heterocycles. The van der Waals surface area contributed by atoms with Crippen LogP contribution in [-0.2, 0) is 4.79 Å². The van der Waals surface area contributed by atoms with Crippen LogP contribution in [0.5, 0.6) is 0 Å². The quantitative estimate of drug-likeness (QED) is 0.772. The Kier molecular flexibility index (Phi) is 6.69. The van der Waals surface area contributed by atoms with E-state index in [9.17, 15) is 4.79 Å². The third kappa shape index (κ3) is 3.47. The summed E-state index contributed by atoms with van der Waals surface area (Å²) in [5, 5.41) is 6.70. The number of nitrogens with zero attached hydrogens (tertiary/aromatic N) is 4. The Labute approximate surface area is 181 Å². The fourth-order valence-electron chi connectivity index (χ4n) is 5.13. The molecule has 0 aromatic carbocycles. The average Bonchev–Trinajstić information content (AvgIpc) is 3.34. The van der Waals surface area contributed by atoms with Crippen molar-refractivity contribution in [2.24, 2.45) is 11.3 Å². The van der Waals surface area contributed by atoms with Crippen molar-refractivity contribution in [2.75, 3.05) is 44.2 Å². The van der Waals surface area contributed by atoms with Gasteiger partial charge < -0.3 is 15.1 Å². The first-order chi connectivity index (χ1) is 12.8. The van der Waals surface area contributed by atoms with Gasteiger partial charge in [0.25, 0.3) is 0 Å². The molecule has 0 bridgehead atoms. The molecule has 3 aliphatic rings. The van der Waals surface area contributed by atoms with E-state index in [1.54, 1.807) is 17.7 Å². The Morgan fingerprint density at radius 1 is 1.18 bits per heavy atom. The number of rotatable bonds is 2. The molecule has 5 rings (SSSR count). The molecule has 28 heavy (non-hydrogen) atoms. The molecule has 9 heteroatoms. The lowest BCUT2D eigenvalue weighted by Gasteiger charge is -2.43. The number of piperazine rings is 1. The number of fused-ring (bicyclic) bond motifs is 2. The lowest BCUT2D eigenvalue weighted by Crippen LogP contribution is -2.56. The molecule has 2 aliphatic heterocycles. The van der Waals surface area contributed by atoms with Crippen molar-refractivity contribution >= 4 is 58.1 Å². The highest BCUT2D eigenvalue weighted by atomic mass is 35.5. The smallest absolute Gasteiger partial charge is 0.230 e. The van der Waals surface area contributed by atoms with Crippen LogP contribution in [0.1, 0.15) is 25.7 Å². The number of nitrogens with one attached hydrogen (secondary N) is 1. The monoisotopic (exact) mass is 443 g/mol. The first-order valence-electron chi connectivity index (χ1n) is 9.71. The third-order valence-electron chi connectivity index (χ3n) is 6.57. The van der Waals surface area contributed by atoms with Crippen molar-refractivity contribution in [2.45, 2.75) is 25.7 Å². The lowest BCUT2D eigenvalue weighted by atomic mass is 9.67. The number of amides is 1. The van der Waals surface area contributed by atoms with E-state index in [2.05, 4.69) is 36.5 Å². The Morgan fingerprint density at radius 2 is 2.00 bits per heavy atom. The SMILES string of the molecule is Cl.Cl.O=C(N1CCN(c2ncnc3sccc23)CC1)[C@@]12CCCC[C@H]1CNC2. The van der Waals surface area contributed by atoms with E-state index in [0.29, 0.717) is 11.8 Å².